The number of anilines is 1. The molecule has 0 saturated carbocycles. The van der Waals surface area contributed by atoms with E-state index in [-0.39, 0.29) is 11.9 Å². The van der Waals surface area contributed by atoms with Crippen molar-refractivity contribution in [2.45, 2.75) is 72.0 Å². The fourth-order valence-corrected chi connectivity index (χ4v) is 4.99. The number of carbonyl (C=O) groups excluding carboxylic acids is 3. The van der Waals surface area contributed by atoms with Crippen LogP contribution in [0.25, 0.3) is 0 Å². The number of pyridine rings is 1. The highest BCUT2D eigenvalue weighted by molar-refractivity contribution is 6.31. The largest absolute Gasteiger partial charge is 0.340 e. The van der Waals surface area contributed by atoms with Crippen molar-refractivity contribution in [3.63, 3.8) is 0 Å². The van der Waals surface area contributed by atoms with E-state index in [9.17, 15) is 14.4 Å². The molecule has 206 valence electrons. The van der Waals surface area contributed by atoms with Crippen LogP contribution in [0.1, 0.15) is 66.7 Å². The predicted molar refractivity (Wildman–Crippen MR) is 151 cm³/mol. The van der Waals surface area contributed by atoms with Crippen molar-refractivity contribution >= 4 is 35.6 Å². The molecule has 2 saturated heterocycles. The molecule has 0 spiro atoms. The minimum absolute atomic E-state index is 0.0838. The normalized spacial score (nSPS) is 16.3. The third kappa shape index (κ3) is 8.01. The average Bonchev–Trinajstić information content (AvgIpc) is 3.32. The molecule has 2 aliphatic heterocycles. The number of piperidine rings is 1. The van der Waals surface area contributed by atoms with Gasteiger partial charge in [-0.2, -0.15) is 0 Å². The minimum Gasteiger partial charge on any atom is -0.340 e. The number of hydrogen-bond donors (Lipinski definition) is 1. The molecule has 0 aliphatic carbocycles. The van der Waals surface area contributed by atoms with E-state index in [1.807, 2.05) is 19.9 Å². The maximum absolute atomic E-state index is 12.1. The number of halogens is 1. The first-order valence-electron chi connectivity index (χ1n) is 13.3. The third-order valence-corrected chi connectivity index (χ3v) is 7.66. The average molecular weight is 542 g/mol. The summed E-state index contributed by atoms with van der Waals surface area (Å²) in [5.41, 5.74) is 3.69. The van der Waals surface area contributed by atoms with Gasteiger partial charge in [0.05, 0.1) is 0 Å². The SMILES string of the molecule is Cc1cc(C(=O)N(C)C(C)C)cc(NC=O)n1.Cc1cc(CN2CCC(N3CCCC3=O)CC2)ccc1Cl. The Balaban J connectivity index is 0.000000216. The van der Waals surface area contributed by atoms with Crippen LogP contribution in [0.5, 0.6) is 0 Å². The van der Waals surface area contributed by atoms with E-state index in [1.54, 1.807) is 31.0 Å². The lowest BCUT2D eigenvalue weighted by Crippen LogP contribution is -2.45. The Hall–Kier alpha value is -2.97. The fraction of sp³-hybridized carbons (Fsp3) is 0.517. The van der Waals surface area contributed by atoms with E-state index in [1.165, 1.54) is 5.56 Å². The lowest BCUT2D eigenvalue weighted by atomic mass is 10.0. The molecule has 9 heteroatoms. The molecule has 0 radical (unpaired) electrons. The lowest BCUT2D eigenvalue weighted by Gasteiger charge is -2.36. The first-order valence-corrected chi connectivity index (χ1v) is 13.7. The summed E-state index contributed by atoms with van der Waals surface area (Å²) in [5, 5.41) is 3.29. The Morgan fingerprint density at radius 3 is 2.47 bits per heavy atom. The summed E-state index contributed by atoms with van der Waals surface area (Å²) in [6.45, 7) is 11.8. The van der Waals surface area contributed by atoms with Crippen LogP contribution < -0.4 is 5.32 Å². The molecule has 8 nitrogen and oxygen atoms in total. The first-order chi connectivity index (χ1) is 18.1. The standard InChI is InChI=1S/C17H23ClN2O.C12H17N3O2/c1-13-11-14(4-5-16(13)18)12-19-9-6-15(7-10-19)20-8-2-3-17(20)21;1-8(2)15(4)12(17)10-5-9(3)14-11(6-10)13-7-16/h4-5,11,15H,2-3,6-10,12H2,1H3;5-8H,1-4H3,(H,13,14,16). The quantitative estimate of drug-likeness (QED) is 0.515. The van der Waals surface area contributed by atoms with Crippen molar-refractivity contribution in [3.8, 4) is 0 Å². The Kier molecular flexibility index (Phi) is 10.7. The molecule has 0 atom stereocenters. The molecule has 1 aromatic heterocycles. The number of rotatable bonds is 7. The van der Waals surface area contributed by atoms with E-state index in [4.69, 9.17) is 11.6 Å². The van der Waals surface area contributed by atoms with Gasteiger partial charge in [-0.15, -0.1) is 0 Å². The minimum atomic E-state index is -0.0838. The van der Waals surface area contributed by atoms with E-state index in [0.29, 0.717) is 35.4 Å². The molecule has 1 N–H and O–H groups in total. The van der Waals surface area contributed by atoms with Gasteiger partial charge in [0.1, 0.15) is 5.82 Å². The van der Waals surface area contributed by atoms with Crippen LogP contribution >= 0.6 is 11.6 Å². The molecule has 2 aromatic rings. The van der Waals surface area contributed by atoms with Crippen LogP contribution in [-0.4, -0.2) is 76.7 Å². The molecule has 2 aliphatic rings. The zero-order chi connectivity index (χ0) is 27.8. The van der Waals surface area contributed by atoms with Gasteiger partial charge in [0, 0.05) is 68.0 Å². The van der Waals surface area contributed by atoms with Crippen molar-refractivity contribution in [1.29, 1.82) is 0 Å². The number of likely N-dealkylation sites (tertiary alicyclic amines) is 2. The van der Waals surface area contributed by atoms with Gasteiger partial charge < -0.3 is 15.1 Å². The molecule has 2 fully saturated rings. The number of benzene rings is 1. The molecule has 0 unspecified atom stereocenters. The second-order valence-electron chi connectivity index (χ2n) is 10.4. The number of hydrogen-bond acceptors (Lipinski definition) is 5. The molecule has 0 bridgehead atoms. The Bertz CT molecular complexity index is 1130. The van der Waals surface area contributed by atoms with Gasteiger partial charge in [0.2, 0.25) is 12.3 Å². The molecular weight excluding hydrogens is 502 g/mol. The number of amides is 3. The number of carbonyl (C=O) groups is 3. The predicted octanol–water partition coefficient (Wildman–Crippen LogP) is 4.67. The van der Waals surface area contributed by atoms with Crippen molar-refractivity contribution in [1.82, 2.24) is 19.7 Å². The highest BCUT2D eigenvalue weighted by atomic mass is 35.5. The van der Waals surface area contributed by atoms with Gasteiger partial charge in [-0.05, 0) is 76.3 Å². The Morgan fingerprint density at radius 1 is 1.18 bits per heavy atom. The second kappa shape index (κ2) is 13.7. The van der Waals surface area contributed by atoms with Gasteiger partial charge in [0.25, 0.3) is 5.91 Å². The van der Waals surface area contributed by atoms with Crippen molar-refractivity contribution in [2.24, 2.45) is 0 Å². The monoisotopic (exact) mass is 541 g/mol. The van der Waals surface area contributed by atoms with E-state index in [0.717, 1.165) is 62.4 Å². The Labute approximate surface area is 231 Å². The van der Waals surface area contributed by atoms with Crippen LogP contribution in [0, 0.1) is 13.8 Å². The topological polar surface area (TPSA) is 85.8 Å². The van der Waals surface area contributed by atoms with E-state index >= 15 is 0 Å². The van der Waals surface area contributed by atoms with Gasteiger partial charge in [-0.25, -0.2) is 4.98 Å². The number of nitrogens with one attached hydrogen (secondary N) is 1. The summed E-state index contributed by atoms with van der Waals surface area (Å²) in [5.74, 6) is 0.668. The zero-order valence-electron chi connectivity index (χ0n) is 23.2. The van der Waals surface area contributed by atoms with E-state index in [2.05, 4.69) is 39.2 Å². The summed E-state index contributed by atoms with van der Waals surface area (Å²) in [4.78, 5) is 44.6. The van der Waals surface area contributed by atoms with Crippen molar-refractivity contribution in [3.05, 3.63) is 57.7 Å². The molecule has 1 aromatic carbocycles. The van der Waals surface area contributed by atoms with Crippen LogP contribution in [-0.2, 0) is 16.1 Å². The molecular formula is C29H40ClN5O3. The summed E-state index contributed by atoms with van der Waals surface area (Å²) >= 11 is 6.08. The van der Waals surface area contributed by atoms with Crippen LogP contribution in [0.2, 0.25) is 5.02 Å². The molecule has 4 rings (SSSR count). The smallest absolute Gasteiger partial charge is 0.254 e. The van der Waals surface area contributed by atoms with Gasteiger partial charge in [-0.3, -0.25) is 19.3 Å². The summed E-state index contributed by atoms with van der Waals surface area (Å²) < 4.78 is 0. The van der Waals surface area contributed by atoms with Crippen molar-refractivity contribution in [2.75, 3.05) is 32.0 Å². The molecule has 3 heterocycles. The van der Waals surface area contributed by atoms with Crippen molar-refractivity contribution < 1.29 is 14.4 Å². The second-order valence-corrected chi connectivity index (χ2v) is 10.8. The number of nitrogens with zero attached hydrogens (tertiary/aromatic N) is 4. The van der Waals surface area contributed by atoms with Gasteiger partial charge >= 0.3 is 0 Å². The van der Waals surface area contributed by atoms with Gasteiger partial charge in [0.15, 0.2) is 0 Å². The first kappa shape index (κ1) is 29.6. The lowest BCUT2D eigenvalue weighted by molar-refractivity contribution is -0.130. The van der Waals surface area contributed by atoms with Crippen LogP contribution in [0.4, 0.5) is 5.82 Å². The number of aryl methyl sites for hydroxylation is 2. The summed E-state index contributed by atoms with van der Waals surface area (Å²) in [6, 6.07) is 10.2. The Morgan fingerprint density at radius 2 is 1.89 bits per heavy atom. The maximum atomic E-state index is 12.1. The molecule has 38 heavy (non-hydrogen) atoms. The van der Waals surface area contributed by atoms with Crippen LogP contribution in [0.3, 0.4) is 0 Å². The van der Waals surface area contributed by atoms with E-state index < -0.39 is 0 Å². The zero-order valence-corrected chi connectivity index (χ0v) is 23.9. The fourth-order valence-electron chi connectivity index (χ4n) is 4.87. The maximum Gasteiger partial charge on any atom is 0.254 e. The third-order valence-electron chi connectivity index (χ3n) is 7.24. The number of aromatic nitrogens is 1. The van der Waals surface area contributed by atoms with Gasteiger partial charge in [-0.1, -0.05) is 23.7 Å². The highest BCUT2D eigenvalue weighted by Gasteiger charge is 2.30. The summed E-state index contributed by atoms with van der Waals surface area (Å²) in [6.07, 6.45) is 4.56. The molecule has 3 amide bonds. The van der Waals surface area contributed by atoms with Crippen LogP contribution in [0.15, 0.2) is 30.3 Å². The summed E-state index contributed by atoms with van der Waals surface area (Å²) in [7, 11) is 1.75. The highest BCUT2D eigenvalue weighted by Crippen LogP contribution is 2.24.